The number of halogens is 1. The van der Waals surface area contributed by atoms with E-state index in [0.717, 1.165) is 0 Å². The number of nitrogens with zero attached hydrogens (tertiary/aromatic N) is 1. The Hall–Kier alpha value is -0.320. The van der Waals surface area contributed by atoms with Crippen molar-refractivity contribution in [3.8, 4) is 0 Å². The van der Waals surface area contributed by atoms with E-state index in [9.17, 15) is 4.79 Å². The highest BCUT2D eigenvalue weighted by Crippen LogP contribution is 2.17. The van der Waals surface area contributed by atoms with Gasteiger partial charge in [0.25, 0.3) is 0 Å². The summed E-state index contributed by atoms with van der Waals surface area (Å²) < 4.78 is 10.8. The molecule has 0 aromatic carbocycles. The summed E-state index contributed by atoms with van der Waals surface area (Å²) in [5.41, 5.74) is 0. The third kappa shape index (κ3) is 3.33. The Balaban J connectivity index is 2.48. The van der Waals surface area contributed by atoms with Crippen molar-refractivity contribution in [3.63, 3.8) is 0 Å². The summed E-state index contributed by atoms with van der Waals surface area (Å²) in [6.07, 6.45) is 0.375. The molecule has 0 saturated carbocycles. The van der Waals surface area contributed by atoms with Gasteiger partial charge in [-0.05, 0) is 6.92 Å². The van der Waals surface area contributed by atoms with E-state index in [-0.39, 0.29) is 18.1 Å². The number of amides is 1. The molecule has 1 fully saturated rings. The van der Waals surface area contributed by atoms with Crippen molar-refractivity contribution in [1.29, 1.82) is 0 Å². The van der Waals surface area contributed by atoms with Crippen LogP contribution in [0.3, 0.4) is 0 Å². The van der Waals surface area contributed by atoms with E-state index in [2.05, 4.69) is 0 Å². The molecule has 0 spiro atoms. The third-order valence-electron chi connectivity index (χ3n) is 2.56. The molecular formula is C10H18ClNO3. The number of carbonyl (C=O) groups excluding carboxylic acids is 1. The predicted molar refractivity (Wildman–Crippen MR) is 58.1 cm³/mol. The van der Waals surface area contributed by atoms with E-state index in [4.69, 9.17) is 21.1 Å². The van der Waals surface area contributed by atoms with Gasteiger partial charge in [-0.1, -0.05) is 0 Å². The second-order valence-electron chi connectivity index (χ2n) is 3.51. The van der Waals surface area contributed by atoms with Crippen LogP contribution in [0.2, 0.25) is 0 Å². The highest BCUT2D eigenvalue weighted by Gasteiger charge is 2.35. The molecule has 0 aromatic heterocycles. The summed E-state index contributed by atoms with van der Waals surface area (Å²) in [7, 11) is 1.65. The molecule has 1 saturated heterocycles. The molecule has 2 atom stereocenters. The first kappa shape index (κ1) is 12.7. The lowest BCUT2D eigenvalue weighted by Crippen LogP contribution is -2.30. The van der Waals surface area contributed by atoms with Crippen LogP contribution in [-0.4, -0.2) is 55.7 Å². The van der Waals surface area contributed by atoms with Gasteiger partial charge in [-0.15, -0.1) is 11.6 Å². The Morgan fingerprint density at radius 1 is 1.47 bits per heavy atom. The van der Waals surface area contributed by atoms with Crippen LogP contribution in [0, 0.1) is 0 Å². The number of hydrogen-bond donors (Lipinski definition) is 0. The summed E-state index contributed by atoms with van der Waals surface area (Å²) in [5.74, 6) is 0.445. The molecule has 0 radical (unpaired) electrons. The lowest BCUT2D eigenvalue weighted by Gasteiger charge is -2.15. The molecule has 1 amide bonds. The van der Waals surface area contributed by atoms with E-state index in [0.29, 0.717) is 32.0 Å². The van der Waals surface area contributed by atoms with E-state index in [1.54, 1.807) is 12.0 Å². The van der Waals surface area contributed by atoms with Gasteiger partial charge in [0.2, 0.25) is 5.91 Å². The van der Waals surface area contributed by atoms with E-state index < -0.39 is 0 Å². The van der Waals surface area contributed by atoms with Crippen molar-refractivity contribution in [2.24, 2.45) is 0 Å². The fourth-order valence-electron chi connectivity index (χ4n) is 1.79. The SMILES string of the molecule is CCO[C@H]1CN(C(=O)CCCl)C[C@H]1OC. The van der Waals surface area contributed by atoms with Crippen molar-refractivity contribution in [1.82, 2.24) is 4.90 Å². The maximum atomic E-state index is 11.6. The molecule has 1 aliphatic heterocycles. The van der Waals surface area contributed by atoms with Gasteiger partial charge in [0.05, 0.1) is 0 Å². The summed E-state index contributed by atoms with van der Waals surface area (Å²) in [6.45, 7) is 3.80. The minimum atomic E-state index is -0.00998. The zero-order valence-corrected chi connectivity index (χ0v) is 10.00. The van der Waals surface area contributed by atoms with Crippen LogP contribution in [0.5, 0.6) is 0 Å². The standard InChI is InChI=1S/C10H18ClNO3/c1-3-15-9-7-12(6-8(9)14-2)10(13)4-5-11/h8-9H,3-7H2,1-2H3/t8-,9+/m1/s1. The van der Waals surface area contributed by atoms with Crippen LogP contribution in [0.15, 0.2) is 0 Å². The lowest BCUT2D eigenvalue weighted by molar-refractivity contribution is -0.130. The second kappa shape index (κ2) is 6.30. The Kier molecular flexibility index (Phi) is 5.36. The average Bonchev–Trinajstić information content (AvgIpc) is 2.62. The summed E-state index contributed by atoms with van der Waals surface area (Å²) in [5, 5.41) is 0. The van der Waals surface area contributed by atoms with Crippen molar-refractivity contribution in [2.75, 3.05) is 32.7 Å². The summed E-state index contributed by atoms with van der Waals surface area (Å²) >= 11 is 5.53. The van der Waals surface area contributed by atoms with Gasteiger partial charge in [0.15, 0.2) is 0 Å². The number of rotatable bonds is 5. The first-order valence-electron chi connectivity index (χ1n) is 5.21. The van der Waals surface area contributed by atoms with Crippen LogP contribution >= 0.6 is 11.6 Å². The molecule has 4 nitrogen and oxygen atoms in total. The van der Waals surface area contributed by atoms with Crippen LogP contribution in [0.4, 0.5) is 0 Å². The number of hydrogen-bond acceptors (Lipinski definition) is 3. The van der Waals surface area contributed by atoms with Crippen molar-refractivity contribution in [3.05, 3.63) is 0 Å². The lowest BCUT2D eigenvalue weighted by atomic mass is 10.2. The number of methoxy groups -OCH3 is 1. The van der Waals surface area contributed by atoms with Gasteiger partial charge < -0.3 is 14.4 Å². The molecule has 0 unspecified atom stereocenters. The van der Waals surface area contributed by atoms with Crippen molar-refractivity contribution in [2.45, 2.75) is 25.6 Å². The molecule has 1 aliphatic rings. The minimum Gasteiger partial charge on any atom is -0.377 e. The number of alkyl halides is 1. The maximum Gasteiger partial charge on any atom is 0.223 e. The molecule has 1 rings (SSSR count). The molecule has 0 aliphatic carbocycles. The normalized spacial score (nSPS) is 25.9. The van der Waals surface area contributed by atoms with Gasteiger partial charge in [0.1, 0.15) is 12.2 Å². The number of carbonyl (C=O) groups is 1. The molecular weight excluding hydrogens is 218 g/mol. The van der Waals surface area contributed by atoms with Crippen LogP contribution in [0.25, 0.3) is 0 Å². The van der Waals surface area contributed by atoms with Crippen LogP contribution in [0.1, 0.15) is 13.3 Å². The fraction of sp³-hybridized carbons (Fsp3) is 0.900. The Labute approximate surface area is 95.5 Å². The molecule has 88 valence electrons. The quantitative estimate of drug-likeness (QED) is 0.664. The minimum absolute atomic E-state index is 0.000671. The van der Waals surface area contributed by atoms with E-state index in [1.165, 1.54) is 0 Å². The highest BCUT2D eigenvalue weighted by molar-refractivity contribution is 6.18. The molecule has 0 N–H and O–H groups in total. The van der Waals surface area contributed by atoms with Gasteiger partial charge in [-0.3, -0.25) is 4.79 Å². The smallest absolute Gasteiger partial charge is 0.223 e. The first-order chi connectivity index (χ1) is 7.22. The Morgan fingerprint density at radius 3 is 2.67 bits per heavy atom. The molecule has 5 heteroatoms. The summed E-state index contributed by atoms with van der Waals surface area (Å²) in [6, 6.07) is 0. The molecule has 0 bridgehead atoms. The molecule has 0 aromatic rings. The van der Waals surface area contributed by atoms with Gasteiger partial charge in [0, 0.05) is 39.1 Å². The fourth-order valence-corrected chi connectivity index (χ4v) is 1.95. The topological polar surface area (TPSA) is 38.8 Å². The Morgan fingerprint density at radius 2 is 2.13 bits per heavy atom. The monoisotopic (exact) mass is 235 g/mol. The van der Waals surface area contributed by atoms with Gasteiger partial charge in [-0.2, -0.15) is 0 Å². The van der Waals surface area contributed by atoms with E-state index in [1.807, 2.05) is 6.92 Å². The van der Waals surface area contributed by atoms with Crippen molar-refractivity contribution >= 4 is 17.5 Å². The Bertz CT molecular complexity index is 213. The second-order valence-corrected chi connectivity index (χ2v) is 3.88. The number of ether oxygens (including phenoxy) is 2. The third-order valence-corrected chi connectivity index (χ3v) is 2.75. The molecule has 1 heterocycles. The number of likely N-dealkylation sites (tertiary alicyclic amines) is 1. The predicted octanol–water partition coefficient (Wildman–Crippen LogP) is 0.878. The summed E-state index contributed by atoms with van der Waals surface area (Å²) in [4.78, 5) is 13.3. The maximum absolute atomic E-state index is 11.6. The zero-order valence-electron chi connectivity index (χ0n) is 9.24. The van der Waals surface area contributed by atoms with Crippen molar-refractivity contribution < 1.29 is 14.3 Å². The first-order valence-corrected chi connectivity index (χ1v) is 5.74. The van der Waals surface area contributed by atoms with Gasteiger partial charge >= 0.3 is 0 Å². The van der Waals surface area contributed by atoms with Crippen LogP contribution in [-0.2, 0) is 14.3 Å². The zero-order chi connectivity index (χ0) is 11.3. The molecule has 15 heavy (non-hydrogen) atoms. The highest BCUT2D eigenvalue weighted by atomic mass is 35.5. The van der Waals surface area contributed by atoms with Crippen LogP contribution < -0.4 is 0 Å². The van der Waals surface area contributed by atoms with E-state index >= 15 is 0 Å². The largest absolute Gasteiger partial charge is 0.377 e. The van der Waals surface area contributed by atoms with Gasteiger partial charge in [-0.25, -0.2) is 0 Å². The average molecular weight is 236 g/mol.